The topological polar surface area (TPSA) is 38.7 Å². The van der Waals surface area contributed by atoms with E-state index in [1.165, 1.54) is 32.3 Å². The van der Waals surface area contributed by atoms with Crippen molar-refractivity contribution in [2.45, 2.75) is 0 Å². The van der Waals surface area contributed by atoms with Crippen molar-refractivity contribution in [1.82, 2.24) is 15.0 Å². The molecule has 7 aromatic carbocycles. The third kappa shape index (κ3) is 5.08. The van der Waals surface area contributed by atoms with Gasteiger partial charge in [0.1, 0.15) is 0 Å². The van der Waals surface area contributed by atoms with Gasteiger partial charge in [-0.05, 0) is 78.8 Å². The van der Waals surface area contributed by atoms with Gasteiger partial charge in [-0.2, -0.15) is 0 Å². The number of nitrogens with zero attached hydrogens (tertiary/aromatic N) is 3. The van der Waals surface area contributed by atoms with Gasteiger partial charge in [0.2, 0.25) is 0 Å². The van der Waals surface area contributed by atoms with Crippen LogP contribution >= 0.6 is 0 Å². The zero-order valence-electron chi connectivity index (χ0n) is 26.1. The zero-order chi connectivity index (χ0) is 31.9. The highest BCUT2D eigenvalue weighted by Gasteiger charge is 2.15. The number of fused-ring (bicyclic) bond motifs is 4. The molecule has 0 saturated carbocycles. The Bertz CT molecular complexity index is 2590. The number of hydrogen-bond acceptors (Lipinski definition) is 3. The summed E-state index contributed by atoms with van der Waals surface area (Å²) >= 11 is 0. The molecule has 3 heteroatoms. The highest BCUT2D eigenvalue weighted by molar-refractivity contribution is 6.13. The van der Waals surface area contributed by atoms with Crippen molar-refractivity contribution in [1.29, 1.82) is 0 Å². The van der Waals surface area contributed by atoms with Crippen molar-refractivity contribution >= 4 is 32.3 Å². The summed E-state index contributed by atoms with van der Waals surface area (Å²) in [7, 11) is 0. The van der Waals surface area contributed by atoms with E-state index in [9.17, 15) is 0 Å². The molecular formula is C45H29N3. The Labute approximate surface area is 278 Å². The molecule has 224 valence electrons. The van der Waals surface area contributed by atoms with Crippen molar-refractivity contribution < 1.29 is 0 Å². The number of pyridine rings is 1. The van der Waals surface area contributed by atoms with E-state index in [-0.39, 0.29) is 0 Å². The van der Waals surface area contributed by atoms with Gasteiger partial charge in [-0.3, -0.25) is 4.98 Å². The molecule has 0 fully saturated rings. The average Bonchev–Trinajstić information content (AvgIpc) is 3.17. The van der Waals surface area contributed by atoms with Gasteiger partial charge in [0.15, 0.2) is 5.82 Å². The van der Waals surface area contributed by atoms with Gasteiger partial charge in [0, 0.05) is 29.1 Å². The zero-order valence-corrected chi connectivity index (χ0v) is 26.1. The first-order chi connectivity index (χ1) is 23.8. The average molecular weight is 612 g/mol. The maximum absolute atomic E-state index is 5.25. The van der Waals surface area contributed by atoms with Gasteiger partial charge >= 0.3 is 0 Å². The third-order valence-corrected chi connectivity index (χ3v) is 9.17. The van der Waals surface area contributed by atoms with E-state index in [1.807, 2.05) is 12.3 Å². The van der Waals surface area contributed by atoms with Crippen LogP contribution in [0.25, 0.3) is 88.5 Å². The van der Waals surface area contributed by atoms with Crippen LogP contribution < -0.4 is 0 Å². The van der Waals surface area contributed by atoms with E-state index in [2.05, 4.69) is 163 Å². The molecule has 9 rings (SSSR count). The summed E-state index contributed by atoms with van der Waals surface area (Å²) in [6.07, 6.45) is 3.70. The van der Waals surface area contributed by atoms with Gasteiger partial charge in [-0.1, -0.05) is 140 Å². The highest BCUT2D eigenvalue weighted by Crippen LogP contribution is 2.37. The molecule has 9 aromatic rings. The summed E-state index contributed by atoms with van der Waals surface area (Å²) in [6.45, 7) is 0. The molecule has 0 unspecified atom stereocenters. The molecule has 0 atom stereocenters. The number of aromatic nitrogens is 3. The quantitative estimate of drug-likeness (QED) is 0.182. The van der Waals surface area contributed by atoms with E-state index in [1.54, 1.807) is 6.20 Å². The lowest BCUT2D eigenvalue weighted by Crippen LogP contribution is -1.97. The molecule has 0 aliphatic heterocycles. The molecule has 0 aliphatic carbocycles. The van der Waals surface area contributed by atoms with Crippen molar-refractivity contribution in [2.24, 2.45) is 0 Å². The first-order valence-electron chi connectivity index (χ1n) is 16.2. The molecule has 3 nitrogen and oxygen atoms in total. The van der Waals surface area contributed by atoms with Crippen molar-refractivity contribution in [3.05, 3.63) is 176 Å². The van der Waals surface area contributed by atoms with E-state index in [0.717, 1.165) is 50.3 Å². The molecule has 2 aromatic heterocycles. The number of benzene rings is 7. The Kier molecular flexibility index (Phi) is 6.80. The first kappa shape index (κ1) is 27.8. The van der Waals surface area contributed by atoms with Crippen LogP contribution in [-0.2, 0) is 0 Å². The highest BCUT2D eigenvalue weighted by atomic mass is 14.9. The fourth-order valence-electron chi connectivity index (χ4n) is 6.68. The summed E-state index contributed by atoms with van der Waals surface area (Å²) in [4.78, 5) is 14.7. The summed E-state index contributed by atoms with van der Waals surface area (Å²) in [5.41, 5.74) is 9.51. The lowest BCUT2D eigenvalue weighted by atomic mass is 9.94. The molecule has 0 N–H and O–H groups in total. The second-order valence-electron chi connectivity index (χ2n) is 12.1. The molecule has 0 bridgehead atoms. The molecule has 48 heavy (non-hydrogen) atoms. The summed E-state index contributed by atoms with van der Waals surface area (Å²) in [5.74, 6) is 0.709. The fraction of sp³-hybridized carbons (Fsp3) is 0. The molecule has 0 amide bonds. The van der Waals surface area contributed by atoms with E-state index >= 15 is 0 Å². The van der Waals surface area contributed by atoms with Crippen LogP contribution in [0.1, 0.15) is 0 Å². The predicted molar refractivity (Wildman–Crippen MR) is 200 cm³/mol. The normalized spacial score (nSPS) is 11.3. The summed E-state index contributed by atoms with van der Waals surface area (Å²) in [5, 5.41) is 7.19. The molecule has 2 heterocycles. The lowest BCUT2D eigenvalue weighted by molar-refractivity contribution is 1.19. The number of hydrogen-bond donors (Lipinski definition) is 0. The smallest absolute Gasteiger partial charge is 0.160 e. The minimum Gasteiger partial charge on any atom is -0.264 e. The van der Waals surface area contributed by atoms with Gasteiger partial charge in [-0.25, -0.2) is 9.97 Å². The van der Waals surface area contributed by atoms with Crippen LogP contribution in [0.5, 0.6) is 0 Å². The van der Waals surface area contributed by atoms with Gasteiger partial charge in [0.25, 0.3) is 0 Å². The Morgan fingerprint density at radius 1 is 0.333 bits per heavy atom. The maximum Gasteiger partial charge on any atom is 0.160 e. The Hall–Kier alpha value is -6.45. The maximum atomic E-state index is 5.25. The Morgan fingerprint density at radius 2 is 0.917 bits per heavy atom. The van der Waals surface area contributed by atoms with Crippen LogP contribution in [0.3, 0.4) is 0 Å². The minimum absolute atomic E-state index is 0.709. The minimum atomic E-state index is 0.709. The predicted octanol–water partition coefficient (Wildman–Crippen LogP) is 11.7. The summed E-state index contributed by atoms with van der Waals surface area (Å²) in [6, 6.07) is 57.9. The largest absolute Gasteiger partial charge is 0.264 e. The second-order valence-corrected chi connectivity index (χ2v) is 12.1. The van der Waals surface area contributed by atoms with E-state index in [0.29, 0.717) is 5.82 Å². The molecule has 0 saturated heterocycles. The first-order valence-corrected chi connectivity index (χ1v) is 16.2. The van der Waals surface area contributed by atoms with Crippen molar-refractivity contribution in [3.8, 4) is 56.2 Å². The standard InChI is InChI=1S/C45H29N3/c1-2-9-35-26-37(24-21-30(35)8-1)45-47-43(28-44(48-45)42-27-36-10-3-4-12-39(36)40-13-5-6-14-41(40)42)34-22-19-32(20-23-34)31-15-17-33(18-16-31)38-11-7-25-46-29-38/h1-29H. The van der Waals surface area contributed by atoms with E-state index < -0.39 is 0 Å². The van der Waals surface area contributed by atoms with Gasteiger partial charge in [0.05, 0.1) is 11.4 Å². The van der Waals surface area contributed by atoms with Crippen LogP contribution in [0.15, 0.2) is 176 Å². The Balaban J connectivity index is 1.17. The van der Waals surface area contributed by atoms with Crippen LogP contribution in [-0.4, -0.2) is 15.0 Å². The SMILES string of the molecule is c1cncc(-c2ccc(-c3ccc(-c4cc(-c5cc6ccccc6c6ccccc56)nc(-c5ccc6ccccc6c5)n4)cc3)cc2)c1. The van der Waals surface area contributed by atoms with Crippen molar-refractivity contribution in [2.75, 3.05) is 0 Å². The monoisotopic (exact) mass is 611 g/mol. The van der Waals surface area contributed by atoms with Crippen LogP contribution in [0, 0.1) is 0 Å². The van der Waals surface area contributed by atoms with E-state index in [4.69, 9.17) is 9.97 Å². The molecule has 0 aliphatic rings. The number of rotatable bonds is 5. The van der Waals surface area contributed by atoms with Gasteiger partial charge in [-0.15, -0.1) is 0 Å². The Morgan fingerprint density at radius 3 is 1.65 bits per heavy atom. The lowest BCUT2D eigenvalue weighted by Gasteiger charge is -2.14. The van der Waals surface area contributed by atoms with Gasteiger partial charge < -0.3 is 0 Å². The molecular weight excluding hydrogens is 583 g/mol. The fourth-order valence-corrected chi connectivity index (χ4v) is 6.68. The van der Waals surface area contributed by atoms with Crippen LogP contribution in [0.2, 0.25) is 0 Å². The molecule has 0 spiro atoms. The summed E-state index contributed by atoms with van der Waals surface area (Å²) < 4.78 is 0. The third-order valence-electron chi connectivity index (χ3n) is 9.17. The van der Waals surface area contributed by atoms with Crippen molar-refractivity contribution in [3.63, 3.8) is 0 Å². The molecule has 0 radical (unpaired) electrons. The van der Waals surface area contributed by atoms with Crippen LogP contribution in [0.4, 0.5) is 0 Å². The second kappa shape index (κ2) is 11.7.